The Morgan fingerprint density at radius 2 is 1.92 bits per heavy atom. The van der Waals surface area contributed by atoms with Gasteiger partial charge in [-0.3, -0.25) is 0 Å². The molecule has 0 radical (unpaired) electrons. The van der Waals surface area contributed by atoms with Crippen LogP contribution < -0.4 is 0 Å². The van der Waals surface area contributed by atoms with Crippen LogP contribution >= 0.6 is 0 Å². The van der Waals surface area contributed by atoms with Crippen molar-refractivity contribution in [2.75, 3.05) is 6.61 Å². The average molecular weight is 170 g/mol. The average Bonchev–Trinajstić information content (AvgIpc) is 2.06. The fraction of sp³-hybridized carbons (Fsp3) is 0.818. The lowest BCUT2D eigenvalue weighted by Gasteiger charge is -2.09. The lowest BCUT2D eigenvalue weighted by molar-refractivity contribution is 0.277. The predicted molar refractivity (Wildman–Crippen MR) is 54.1 cm³/mol. The molecule has 0 bridgehead atoms. The Bertz CT molecular complexity index is 99.2. The standard InChI is InChI=1S/C11H22O/c1-3-4-5-8-11(2)9-6-7-10-12/h3,11-12H,1,4-10H2,2H3. The Kier molecular flexibility index (Phi) is 8.57. The smallest absolute Gasteiger partial charge is 0.0431 e. The van der Waals surface area contributed by atoms with Gasteiger partial charge in [-0.2, -0.15) is 0 Å². The van der Waals surface area contributed by atoms with Crippen LogP contribution in [0.25, 0.3) is 0 Å². The van der Waals surface area contributed by atoms with Crippen molar-refractivity contribution in [1.82, 2.24) is 0 Å². The highest BCUT2D eigenvalue weighted by molar-refractivity contribution is 4.66. The molecule has 0 aliphatic carbocycles. The number of unbranched alkanes of at least 4 members (excludes halogenated alkanes) is 2. The third-order valence-corrected chi connectivity index (χ3v) is 2.21. The van der Waals surface area contributed by atoms with E-state index in [4.69, 9.17) is 5.11 Å². The second-order valence-corrected chi connectivity index (χ2v) is 3.54. The minimum atomic E-state index is 0.347. The van der Waals surface area contributed by atoms with Gasteiger partial charge in [0.25, 0.3) is 0 Å². The van der Waals surface area contributed by atoms with E-state index >= 15 is 0 Å². The maximum absolute atomic E-state index is 8.58. The maximum Gasteiger partial charge on any atom is 0.0431 e. The first-order valence-corrected chi connectivity index (χ1v) is 5.03. The zero-order valence-electron chi connectivity index (χ0n) is 8.26. The first-order valence-electron chi connectivity index (χ1n) is 5.03. The predicted octanol–water partition coefficient (Wildman–Crippen LogP) is 3.14. The lowest BCUT2D eigenvalue weighted by atomic mass is 9.98. The van der Waals surface area contributed by atoms with Crippen molar-refractivity contribution in [1.29, 1.82) is 0 Å². The topological polar surface area (TPSA) is 20.2 Å². The van der Waals surface area contributed by atoms with Gasteiger partial charge in [0.05, 0.1) is 0 Å². The summed E-state index contributed by atoms with van der Waals surface area (Å²) in [5.74, 6) is 0.816. The Labute approximate surface area is 76.5 Å². The van der Waals surface area contributed by atoms with Gasteiger partial charge in [0.1, 0.15) is 0 Å². The molecule has 1 N–H and O–H groups in total. The molecule has 0 amide bonds. The van der Waals surface area contributed by atoms with Gasteiger partial charge in [0.15, 0.2) is 0 Å². The maximum atomic E-state index is 8.58. The van der Waals surface area contributed by atoms with Gasteiger partial charge < -0.3 is 5.11 Å². The highest BCUT2D eigenvalue weighted by Gasteiger charge is 2.00. The molecule has 0 aliphatic heterocycles. The summed E-state index contributed by atoms with van der Waals surface area (Å²) in [7, 11) is 0. The highest BCUT2D eigenvalue weighted by Crippen LogP contribution is 2.14. The van der Waals surface area contributed by atoms with Crippen molar-refractivity contribution in [3.63, 3.8) is 0 Å². The van der Waals surface area contributed by atoms with Crippen molar-refractivity contribution >= 4 is 0 Å². The van der Waals surface area contributed by atoms with Gasteiger partial charge >= 0.3 is 0 Å². The summed E-state index contributed by atoms with van der Waals surface area (Å²) in [5, 5.41) is 8.58. The molecule has 0 spiro atoms. The minimum absolute atomic E-state index is 0.347. The SMILES string of the molecule is C=CCCCC(C)CCCCO. The normalized spacial score (nSPS) is 12.8. The Morgan fingerprint density at radius 1 is 1.25 bits per heavy atom. The molecule has 0 saturated heterocycles. The summed E-state index contributed by atoms with van der Waals surface area (Å²) in [6.07, 6.45) is 9.10. The van der Waals surface area contributed by atoms with E-state index in [0.29, 0.717) is 6.61 Å². The molecule has 1 heteroatoms. The number of aliphatic hydroxyl groups excluding tert-OH is 1. The molecule has 0 fully saturated rings. The van der Waals surface area contributed by atoms with E-state index in [9.17, 15) is 0 Å². The van der Waals surface area contributed by atoms with Crippen molar-refractivity contribution < 1.29 is 5.11 Å². The summed E-state index contributed by atoms with van der Waals surface area (Å²) < 4.78 is 0. The highest BCUT2D eigenvalue weighted by atomic mass is 16.2. The lowest BCUT2D eigenvalue weighted by Crippen LogP contribution is -1.95. The first-order chi connectivity index (χ1) is 5.81. The summed E-state index contributed by atoms with van der Waals surface area (Å²) in [6.45, 7) is 6.34. The molecule has 0 aromatic rings. The van der Waals surface area contributed by atoms with Crippen LogP contribution in [0.3, 0.4) is 0 Å². The van der Waals surface area contributed by atoms with Gasteiger partial charge in [-0.25, -0.2) is 0 Å². The van der Waals surface area contributed by atoms with Gasteiger partial charge in [0.2, 0.25) is 0 Å². The van der Waals surface area contributed by atoms with Crippen molar-refractivity contribution in [3.05, 3.63) is 12.7 Å². The molecule has 0 aromatic heterocycles. The Balaban J connectivity index is 3.09. The second kappa shape index (κ2) is 8.79. The zero-order valence-corrected chi connectivity index (χ0v) is 8.26. The number of aliphatic hydroxyl groups is 1. The zero-order chi connectivity index (χ0) is 9.23. The summed E-state index contributed by atoms with van der Waals surface area (Å²) in [4.78, 5) is 0. The largest absolute Gasteiger partial charge is 0.396 e. The van der Waals surface area contributed by atoms with E-state index in [0.717, 1.165) is 18.8 Å². The van der Waals surface area contributed by atoms with Crippen LogP contribution in [0.1, 0.15) is 45.4 Å². The molecular formula is C11H22O. The fourth-order valence-corrected chi connectivity index (χ4v) is 1.36. The summed E-state index contributed by atoms with van der Waals surface area (Å²) >= 11 is 0. The van der Waals surface area contributed by atoms with E-state index in [1.54, 1.807) is 0 Å². The van der Waals surface area contributed by atoms with Crippen LogP contribution in [0.2, 0.25) is 0 Å². The van der Waals surface area contributed by atoms with Crippen LogP contribution in [0.4, 0.5) is 0 Å². The summed E-state index contributed by atoms with van der Waals surface area (Å²) in [6, 6.07) is 0. The van der Waals surface area contributed by atoms with Crippen LogP contribution in [0.5, 0.6) is 0 Å². The second-order valence-electron chi connectivity index (χ2n) is 3.54. The van der Waals surface area contributed by atoms with E-state index in [1.165, 1.54) is 25.7 Å². The van der Waals surface area contributed by atoms with Crippen LogP contribution in [0, 0.1) is 5.92 Å². The molecule has 12 heavy (non-hydrogen) atoms. The van der Waals surface area contributed by atoms with Gasteiger partial charge in [-0.15, -0.1) is 6.58 Å². The van der Waals surface area contributed by atoms with Crippen LogP contribution in [-0.2, 0) is 0 Å². The molecule has 72 valence electrons. The van der Waals surface area contributed by atoms with Crippen molar-refractivity contribution in [2.24, 2.45) is 5.92 Å². The summed E-state index contributed by atoms with van der Waals surface area (Å²) in [5.41, 5.74) is 0. The molecule has 0 saturated carbocycles. The van der Waals surface area contributed by atoms with Gasteiger partial charge in [0, 0.05) is 6.61 Å². The number of hydrogen-bond acceptors (Lipinski definition) is 1. The van der Waals surface area contributed by atoms with Crippen molar-refractivity contribution in [3.8, 4) is 0 Å². The quantitative estimate of drug-likeness (QED) is 0.438. The number of allylic oxidation sites excluding steroid dienone is 1. The Hall–Kier alpha value is -0.300. The number of hydrogen-bond donors (Lipinski definition) is 1. The third kappa shape index (κ3) is 7.80. The fourth-order valence-electron chi connectivity index (χ4n) is 1.36. The molecular weight excluding hydrogens is 148 g/mol. The molecule has 0 heterocycles. The van der Waals surface area contributed by atoms with Gasteiger partial charge in [-0.1, -0.05) is 32.3 Å². The third-order valence-electron chi connectivity index (χ3n) is 2.21. The first kappa shape index (κ1) is 11.7. The van der Waals surface area contributed by atoms with Crippen LogP contribution in [-0.4, -0.2) is 11.7 Å². The number of rotatable bonds is 8. The molecule has 0 aromatic carbocycles. The molecule has 1 unspecified atom stereocenters. The molecule has 0 rings (SSSR count). The monoisotopic (exact) mass is 170 g/mol. The van der Waals surface area contributed by atoms with E-state index in [1.807, 2.05) is 6.08 Å². The van der Waals surface area contributed by atoms with Crippen LogP contribution in [0.15, 0.2) is 12.7 Å². The molecule has 1 nitrogen and oxygen atoms in total. The Morgan fingerprint density at radius 3 is 2.50 bits per heavy atom. The van der Waals surface area contributed by atoms with E-state index < -0.39 is 0 Å². The van der Waals surface area contributed by atoms with E-state index in [2.05, 4.69) is 13.5 Å². The van der Waals surface area contributed by atoms with Gasteiger partial charge in [-0.05, 0) is 25.2 Å². The van der Waals surface area contributed by atoms with E-state index in [-0.39, 0.29) is 0 Å². The molecule has 0 aliphatic rings. The molecule has 1 atom stereocenters. The van der Waals surface area contributed by atoms with Crippen molar-refractivity contribution in [2.45, 2.75) is 45.4 Å². The minimum Gasteiger partial charge on any atom is -0.396 e.